The molecule has 0 saturated heterocycles. The lowest BCUT2D eigenvalue weighted by Gasteiger charge is -2.07. The summed E-state index contributed by atoms with van der Waals surface area (Å²) < 4.78 is 36.6. The van der Waals surface area contributed by atoms with Gasteiger partial charge in [0.05, 0.1) is 12.1 Å². The highest BCUT2D eigenvalue weighted by Gasteiger charge is 2.29. The van der Waals surface area contributed by atoms with Crippen molar-refractivity contribution in [1.29, 1.82) is 0 Å². The number of carboxylic acid groups (broad SMARTS) is 1. The molecule has 0 aliphatic carbocycles. The van der Waals surface area contributed by atoms with Gasteiger partial charge in [0.25, 0.3) is 0 Å². The third-order valence-corrected chi connectivity index (χ3v) is 1.89. The van der Waals surface area contributed by atoms with E-state index in [0.717, 1.165) is 12.1 Å². The first kappa shape index (κ1) is 12.5. The number of aliphatic carboxylic acids is 1. The number of halogens is 3. The van der Waals surface area contributed by atoms with E-state index in [-0.39, 0.29) is 13.1 Å². The summed E-state index contributed by atoms with van der Waals surface area (Å²) in [6, 6.07) is 4.57. The van der Waals surface area contributed by atoms with Gasteiger partial charge in [0.15, 0.2) is 0 Å². The Morgan fingerprint density at radius 1 is 1.25 bits per heavy atom. The van der Waals surface area contributed by atoms with E-state index in [0.29, 0.717) is 5.56 Å². The van der Waals surface area contributed by atoms with Gasteiger partial charge >= 0.3 is 12.1 Å². The number of carboxylic acids is 1. The van der Waals surface area contributed by atoms with E-state index in [1.54, 1.807) is 0 Å². The van der Waals surface area contributed by atoms with Crippen LogP contribution in [0.4, 0.5) is 13.2 Å². The molecule has 88 valence electrons. The summed E-state index contributed by atoms with van der Waals surface area (Å²) in [5.41, 5.74) is -0.108. The van der Waals surface area contributed by atoms with Crippen molar-refractivity contribution in [2.75, 3.05) is 6.54 Å². The number of benzene rings is 1. The maximum absolute atomic E-state index is 12.2. The highest BCUT2D eigenvalue weighted by atomic mass is 19.4. The Morgan fingerprint density at radius 3 is 2.25 bits per heavy atom. The zero-order chi connectivity index (χ0) is 12.2. The van der Waals surface area contributed by atoms with Gasteiger partial charge in [-0.3, -0.25) is 4.79 Å². The molecule has 16 heavy (non-hydrogen) atoms. The topological polar surface area (TPSA) is 49.3 Å². The fourth-order valence-corrected chi connectivity index (χ4v) is 1.13. The number of nitrogens with one attached hydrogen (secondary N) is 1. The second-order valence-electron chi connectivity index (χ2n) is 3.19. The molecule has 0 unspecified atom stereocenters. The van der Waals surface area contributed by atoms with Crippen LogP contribution < -0.4 is 5.32 Å². The van der Waals surface area contributed by atoms with Crippen molar-refractivity contribution in [3.05, 3.63) is 35.4 Å². The molecule has 0 bridgehead atoms. The molecule has 0 aromatic heterocycles. The second kappa shape index (κ2) is 4.98. The summed E-state index contributed by atoms with van der Waals surface area (Å²) in [5, 5.41) is 10.9. The van der Waals surface area contributed by atoms with E-state index in [9.17, 15) is 18.0 Å². The average molecular weight is 233 g/mol. The summed E-state index contributed by atoms with van der Waals surface area (Å²) in [7, 11) is 0. The van der Waals surface area contributed by atoms with E-state index in [1.165, 1.54) is 12.1 Å². The first-order valence-corrected chi connectivity index (χ1v) is 4.48. The SMILES string of the molecule is O=C(O)CNCc1ccc(C(F)(F)F)cc1. The molecule has 1 rings (SSSR count). The van der Waals surface area contributed by atoms with Crippen LogP contribution in [0.1, 0.15) is 11.1 Å². The van der Waals surface area contributed by atoms with Crippen molar-refractivity contribution in [1.82, 2.24) is 5.32 Å². The minimum Gasteiger partial charge on any atom is -0.480 e. The van der Waals surface area contributed by atoms with Crippen LogP contribution in [0.3, 0.4) is 0 Å². The Bertz CT molecular complexity index is 359. The van der Waals surface area contributed by atoms with E-state index in [2.05, 4.69) is 5.32 Å². The van der Waals surface area contributed by atoms with Crippen LogP contribution in [-0.2, 0) is 17.5 Å². The van der Waals surface area contributed by atoms with Gasteiger partial charge in [-0.25, -0.2) is 0 Å². The molecule has 0 aliphatic rings. The third kappa shape index (κ3) is 3.90. The molecule has 0 amide bonds. The van der Waals surface area contributed by atoms with Gasteiger partial charge in [0.2, 0.25) is 0 Å². The maximum atomic E-state index is 12.2. The quantitative estimate of drug-likeness (QED) is 0.834. The number of hydrogen-bond donors (Lipinski definition) is 2. The number of rotatable bonds is 4. The molecule has 2 N–H and O–H groups in total. The standard InChI is InChI=1S/C10H10F3NO2/c11-10(12,13)8-3-1-7(2-4-8)5-14-6-9(15)16/h1-4,14H,5-6H2,(H,15,16). The Morgan fingerprint density at radius 2 is 1.81 bits per heavy atom. The lowest BCUT2D eigenvalue weighted by Crippen LogP contribution is -2.21. The Kier molecular flexibility index (Phi) is 3.89. The zero-order valence-corrected chi connectivity index (χ0v) is 8.21. The first-order chi connectivity index (χ1) is 7.39. The van der Waals surface area contributed by atoms with Gasteiger partial charge in [-0.2, -0.15) is 13.2 Å². The van der Waals surface area contributed by atoms with Crippen LogP contribution in [0, 0.1) is 0 Å². The monoisotopic (exact) mass is 233 g/mol. The molecule has 0 heterocycles. The molecule has 1 aromatic rings. The van der Waals surface area contributed by atoms with Crippen LogP contribution in [0.15, 0.2) is 24.3 Å². The molecular formula is C10H10F3NO2. The summed E-state index contributed by atoms with van der Waals surface area (Å²) in [6.45, 7) is 0.00542. The minimum atomic E-state index is -4.34. The largest absolute Gasteiger partial charge is 0.480 e. The zero-order valence-electron chi connectivity index (χ0n) is 8.21. The number of carbonyl (C=O) groups is 1. The van der Waals surface area contributed by atoms with Crippen molar-refractivity contribution in [3.63, 3.8) is 0 Å². The average Bonchev–Trinajstić information content (AvgIpc) is 2.16. The van der Waals surface area contributed by atoms with Crippen molar-refractivity contribution < 1.29 is 23.1 Å². The lowest BCUT2D eigenvalue weighted by atomic mass is 10.1. The first-order valence-electron chi connectivity index (χ1n) is 4.48. The van der Waals surface area contributed by atoms with Gasteiger partial charge in [-0.1, -0.05) is 12.1 Å². The van der Waals surface area contributed by atoms with E-state index >= 15 is 0 Å². The maximum Gasteiger partial charge on any atom is 0.416 e. The van der Waals surface area contributed by atoms with E-state index < -0.39 is 17.7 Å². The summed E-state index contributed by atoms with van der Waals surface area (Å²) in [5.74, 6) is -1.01. The smallest absolute Gasteiger partial charge is 0.416 e. The fourth-order valence-electron chi connectivity index (χ4n) is 1.13. The second-order valence-corrected chi connectivity index (χ2v) is 3.19. The van der Waals surface area contributed by atoms with Gasteiger partial charge in [0, 0.05) is 6.54 Å². The van der Waals surface area contributed by atoms with Crippen LogP contribution in [0.2, 0.25) is 0 Å². The molecule has 0 aliphatic heterocycles. The molecule has 1 aromatic carbocycles. The van der Waals surface area contributed by atoms with Gasteiger partial charge in [-0.05, 0) is 17.7 Å². The highest BCUT2D eigenvalue weighted by Crippen LogP contribution is 2.28. The minimum absolute atomic E-state index is 0.221. The van der Waals surface area contributed by atoms with Crippen molar-refractivity contribution in [3.8, 4) is 0 Å². The van der Waals surface area contributed by atoms with Crippen LogP contribution in [-0.4, -0.2) is 17.6 Å². The van der Waals surface area contributed by atoms with E-state index in [4.69, 9.17) is 5.11 Å². The van der Waals surface area contributed by atoms with Crippen LogP contribution in [0.5, 0.6) is 0 Å². The molecule has 0 fully saturated rings. The molecule has 0 spiro atoms. The normalized spacial score (nSPS) is 11.4. The highest BCUT2D eigenvalue weighted by molar-refractivity contribution is 5.68. The Labute approximate surface area is 89.9 Å². The summed E-state index contributed by atoms with van der Waals surface area (Å²) in [6.07, 6.45) is -4.34. The summed E-state index contributed by atoms with van der Waals surface area (Å²) >= 11 is 0. The Balaban J connectivity index is 2.55. The number of alkyl halides is 3. The van der Waals surface area contributed by atoms with Crippen LogP contribution >= 0.6 is 0 Å². The molecule has 0 saturated carbocycles. The van der Waals surface area contributed by atoms with E-state index in [1.807, 2.05) is 0 Å². The lowest BCUT2D eigenvalue weighted by molar-refractivity contribution is -0.137. The van der Waals surface area contributed by atoms with Gasteiger partial charge < -0.3 is 10.4 Å². The molecule has 6 heteroatoms. The molecule has 3 nitrogen and oxygen atoms in total. The summed E-state index contributed by atoms with van der Waals surface area (Å²) in [4.78, 5) is 10.2. The fraction of sp³-hybridized carbons (Fsp3) is 0.300. The predicted molar refractivity (Wildman–Crippen MR) is 50.8 cm³/mol. The molecule has 0 radical (unpaired) electrons. The molecular weight excluding hydrogens is 223 g/mol. The third-order valence-electron chi connectivity index (χ3n) is 1.89. The number of hydrogen-bond acceptors (Lipinski definition) is 2. The molecule has 0 atom stereocenters. The van der Waals surface area contributed by atoms with Crippen molar-refractivity contribution in [2.45, 2.75) is 12.7 Å². The van der Waals surface area contributed by atoms with Gasteiger partial charge in [-0.15, -0.1) is 0 Å². The van der Waals surface area contributed by atoms with Crippen LogP contribution in [0.25, 0.3) is 0 Å². The predicted octanol–water partition coefficient (Wildman–Crippen LogP) is 1.88. The van der Waals surface area contributed by atoms with Gasteiger partial charge in [0.1, 0.15) is 0 Å². The van der Waals surface area contributed by atoms with Crippen molar-refractivity contribution >= 4 is 5.97 Å². The Hall–Kier alpha value is -1.56. The van der Waals surface area contributed by atoms with Crippen molar-refractivity contribution in [2.24, 2.45) is 0 Å².